The highest BCUT2D eigenvalue weighted by Gasteiger charge is 2.34. The number of hydrogen-bond donors (Lipinski definition) is 6. The van der Waals surface area contributed by atoms with E-state index >= 15 is 0 Å². The minimum atomic E-state index is -1.89. The molecule has 0 saturated carbocycles. The van der Waals surface area contributed by atoms with Crippen molar-refractivity contribution in [1.82, 2.24) is 20.3 Å². The Morgan fingerprint density at radius 3 is 2.06 bits per heavy atom. The zero-order chi connectivity index (χ0) is 57.0. The summed E-state index contributed by atoms with van der Waals surface area (Å²) in [5, 5.41) is 49.9. The first-order chi connectivity index (χ1) is 38.2. The number of nitrogens with zero attached hydrogens (tertiary/aromatic N) is 3. The summed E-state index contributed by atoms with van der Waals surface area (Å²) in [4.78, 5) is 98.9. The van der Waals surface area contributed by atoms with E-state index in [2.05, 4.69) is 10.6 Å². The Morgan fingerprint density at radius 1 is 0.700 bits per heavy atom. The van der Waals surface area contributed by atoms with Gasteiger partial charge in [-0.05, 0) is 83.9 Å². The van der Waals surface area contributed by atoms with Gasteiger partial charge in [0.15, 0.2) is 5.43 Å². The summed E-state index contributed by atoms with van der Waals surface area (Å²) in [5.74, 6) is -5.31. The number of imide groups is 1. The molecule has 80 heavy (non-hydrogen) atoms. The van der Waals surface area contributed by atoms with Gasteiger partial charge in [0.25, 0.3) is 23.6 Å². The number of carboxylic acid groups (broad SMARTS) is 2. The van der Waals surface area contributed by atoms with Crippen LogP contribution in [0.15, 0.2) is 129 Å². The third kappa shape index (κ3) is 10.1. The Balaban J connectivity index is 0.896. The van der Waals surface area contributed by atoms with Crippen molar-refractivity contribution in [2.24, 2.45) is 0 Å². The summed E-state index contributed by atoms with van der Waals surface area (Å²) in [6.07, 6.45) is -2.12. The monoisotopic (exact) mass is 1120 g/mol. The number of aliphatic hydroxyl groups excluding tert-OH is 1. The number of aromatic carboxylic acids is 2. The summed E-state index contributed by atoms with van der Waals surface area (Å²) in [6, 6.07) is 28.9. The number of rotatable bonds is 14. The van der Waals surface area contributed by atoms with Gasteiger partial charge in [-0.3, -0.25) is 24.0 Å². The minimum Gasteiger partial charge on any atom is -0.508 e. The molecule has 1 atom stereocenters. The summed E-state index contributed by atoms with van der Waals surface area (Å²) in [5.41, 5.74) is 2.03. The molecule has 0 bridgehead atoms. The number of anilines is 1. The van der Waals surface area contributed by atoms with E-state index in [0.29, 0.717) is 38.5 Å². The van der Waals surface area contributed by atoms with Crippen molar-refractivity contribution in [2.45, 2.75) is 32.2 Å². The van der Waals surface area contributed by atoms with E-state index in [1.165, 1.54) is 66.7 Å². The molecule has 6 N–H and O–H groups in total. The molecule has 1 unspecified atom stereocenters. The summed E-state index contributed by atoms with van der Waals surface area (Å²) in [7, 11) is 7.52. The van der Waals surface area contributed by atoms with Crippen LogP contribution in [0, 0.1) is 0 Å². The van der Waals surface area contributed by atoms with Gasteiger partial charge in [0, 0.05) is 107 Å². The van der Waals surface area contributed by atoms with Crippen LogP contribution in [0.2, 0.25) is 10.0 Å². The standard InChI is InChI=1S/C59H45Cl2N5O14/c1-64(2)31-10-14-36-44(22-31)78-45-23-32(65(3)4)11-15-37(45)50(36)51-42(60)25-40(53(61)52(51)58(75)76)56(72)62-26-28-5-7-29(8-6-28)55(71)63-27-41-43(68)18-17-38-49(35-16-12-33(67)24-46(35)79-54(38)41)39-21-30(9-13-34(39)57(73)74)59(77)80-66-47(69)19-20-48(66)70/h5-18,21-25,59,77H,19-20,26-27H2,1-4H3,(H4-,62,63,67,68,71,72,73,74,75,76)/p+1. The van der Waals surface area contributed by atoms with Gasteiger partial charge in [0.2, 0.25) is 11.6 Å². The fourth-order valence-electron chi connectivity index (χ4n) is 9.63. The largest absolute Gasteiger partial charge is 0.508 e. The van der Waals surface area contributed by atoms with E-state index in [4.69, 9.17) is 36.9 Å². The van der Waals surface area contributed by atoms with Crippen molar-refractivity contribution in [1.29, 1.82) is 0 Å². The number of benzene rings is 7. The molecule has 1 fully saturated rings. The maximum absolute atomic E-state index is 13.9. The summed E-state index contributed by atoms with van der Waals surface area (Å²) in [6.45, 7) is -0.479. The Kier molecular flexibility index (Phi) is 14.5. The lowest BCUT2D eigenvalue weighted by Crippen LogP contribution is -2.31. The van der Waals surface area contributed by atoms with E-state index < -0.39 is 59.4 Å². The number of hydrogen-bond acceptors (Lipinski definition) is 13. The molecule has 21 heteroatoms. The number of hydroxylamine groups is 2. The van der Waals surface area contributed by atoms with Crippen LogP contribution >= 0.6 is 23.2 Å². The smallest absolute Gasteiger partial charge is 0.337 e. The van der Waals surface area contributed by atoms with Gasteiger partial charge in [-0.1, -0.05) is 41.4 Å². The van der Waals surface area contributed by atoms with Crippen LogP contribution in [0.5, 0.6) is 5.75 Å². The van der Waals surface area contributed by atoms with Crippen molar-refractivity contribution in [2.75, 3.05) is 33.1 Å². The lowest BCUT2D eigenvalue weighted by atomic mass is 9.88. The van der Waals surface area contributed by atoms with Crippen LogP contribution in [0.1, 0.15) is 77.3 Å². The van der Waals surface area contributed by atoms with Crippen molar-refractivity contribution >= 4 is 86.4 Å². The highest BCUT2D eigenvalue weighted by molar-refractivity contribution is 6.41. The second kappa shape index (κ2) is 21.4. The van der Waals surface area contributed by atoms with Gasteiger partial charge in [-0.2, -0.15) is 5.06 Å². The van der Waals surface area contributed by atoms with Crippen LogP contribution in [0.25, 0.3) is 66.8 Å². The van der Waals surface area contributed by atoms with Crippen molar-refractivity contribution in [3.63, 3.8) is 0 Å². The topological polar surface area (TPSA) is 269 Å². The van der Waals surface area contributed by atoms with Crippen LogP contribution < -0.4 is 30.9 Å². The molecule has 4 amide bonds. The molecular weight excluding hydrogens is 1070 g/mol. The number of amides is 4. The van der Waals surface area contributed by atoms with Crippen LogP contribution in [-0.4, -0.2) is 89.2 Å². The number of phenolic OH excluding ortho intramolecular Hbond substituents is 1. The second-order valence-corrected chi connectivity index (χ2v) is 20.0. The average Bonchev–Trinajstić information content (AvgIpc) is 3.88. The molecule has 3 heterocycles. The number of carboxylic acids is 2. The zero-order valence-corrected chi connectivity index (χ0v) is 44.4. The van der Waals surface area contributed by atoms with Crippen LogP contribution in [-0.2, 0) is 27.5 Å². The maximum Gasteiger partial charge on any atom is 0.337 e. The first-order valence-electron chi connectivity index (χ1n) is 24.6. The Morgan fingerprint density at radius 2 is 1.38 bits per heavy atom. The van der Waals surface area contributed by atoms with E-state index in [0.717, 1.165) is 11.0 Å². The van der Waals surface area contributed by atoms with Crippen molar-refractivity contribution in [3.05, 3.63) is 180 Å². The highest BCUT2D eigenvalue weighted by atomic mass is 35.5. The molecule has 5 aromatic rings. The summed E-state index contributed by atoms with van der Waals surface area (Å²) < 4.78 is 14.5. The number of fused-ring (bicyclic) bond motifs is 4. The van der Waals surface area contributed by atoms with Gasteiger partial charge in [0.1, 0.15) is 42.5 Å². The first-order valence-corrected chi connectivity index (χ1v) is 25.3. The quantitative estimate of drug-likeness (QED) is 0.0258. The zero-order valence-electron chi connectivity index (χ0n) is 42.8. The number of carbonyl (C=O) groups is 6. The highest BCUT2D eigenvalue weighted by Crippen LogP contribution is 2.48. The van der Waals surface area contributed by atoms with Gasteiger partial charge < -0.3 is 44.8 Å². The fraction of sp³-hybridized carbons (Fsp3) is 0.153. The molecule has 404 valence electrons. The van der Waals surface area contributed by atoms with E-state index in [1.54, 1.807) is 12.1 Å². The SMILES string of the molecule is CN(C)c1ccc2c(-c3c(Cl)cc(C(=O)NCc4ccc(C(=O)NCc5c6oc7cc(O)ccc7c(-c7cc(C(O)ON8C(=O)CCC8=O)ccc7C(=O)O)c-6ccc5=O)cc4)c(Cl)c3C(=O)O)c3ccc(=[N+](C)C)cc-3oc2c1. The number of nitrogens with one attached hydrogen (secondary N) is 2. The van der Waals surface area contributed by atoms with Gasteiger partial charge in [-0.25, -0.2) is 19.0 Å². The normalized spacial score (nSPS) is 12.9. The Bertz CT molecular complexity index is 4170. The fourth-order valence-corrected chi connectivity index (χ4v) is 10.2. The number of aliphatic hydroxyl groups is 1. The van der Waals surface area contributed by atoms with Crippen molar-refractivity contribution < 1.29 is 62.9 Å². The van der Waals surface area contributed by atoms with Crippen molar-refractivity contribution in [3.8, 4) is 50.7 Å². The van der Waals surface area contributed by atoms with Gasteiger partial charge in [0.05, 0.1) is 44.9 Å². The Labute approximate surface area is 463 Å². The molecule has 19 nitrogen and oxygen atoms in total. The number of carbonyl (C=O) groups excluding carboxylic acids is 4. The third-order valence-corrected chi connectivity index (χ3v) is 14.4. The van der Waals surface area contributed by atoms with E-state index in [9.17, 15) is 54.0 Å². The molecule has 5 aliphatic rings. The molecule has 5 aromatic carbocycles. The molecule has 10 rings (SSSR count). The van der Waals surface area contributed by atoms with Gasteiger partial charge >= 0.3 is 11.9 Å². The Hall–Kier alpha value is -9.40. The van der Waals surface area contributed by atoms with Gasteiger partial charge in [-0.15, -0.1) is 0 Å². The average molecular weight is 1120 g/mol. The first kappa shape index (κ1) is 54.0. The molecule has 0 radical (unpaired) electrons. The molecule has 1 saturated heterocycles. The third-order valence-electron chi connectivity index (χ3n) is 13.7. The minimum absolute atomic E-state index is 0.00793. The number of phenols is 1. The molecular formula is C59H46Cl2N5O14+. The molecule has 0 aromatic heterocycles. The summed E-state index contributed by atoms with van der Waals surface area (Å²) >= 11 is 13.9. The lowest BCUT2D eigenvalue weighted by molar-refractivity contribution is -0.247. The molecule has 3 aliphatic heterocycles. The number of aromatic hydroxyl groups is 1. The van der Waals surface area contributed by atoms with E-state index in [-0.39, 0.29) is 102 Å². The van der Waals surface area contributed by atoms with E-state index in [1.807, 2.05) is 74.1 Å². The maximum atomic E-state index is 13.9. The van der Waals surface area contributed by atoms with Crippen LogP contribution in [0.3, 0.4) is 0 Å². The molecule has 2 aliphatic carbocycles. The van der Waals surface area contributed by atoms with Crippen LogP contribution in [0.4, 0.5) is 5.69 Å². The number of halogens is 2. The molecule has 0 spiro atoms. The lowest BCUT2D eigenvalue weighted by Gasteiger charge is -2.21. The predicted molar refractivity (Wildman–Crippen MR) is 296 cm³/mol. The predicted octanol–water partition coefficient (Wildman–Crippen LogP) is 8.52. The second-order valence-electron chi connectivity index (χ2n) is 19.2.